The first-order valence-electron chi connectivity index (χ1n) is 10.5. The van der Waals surface area contributed by atoms with Crippen molar-refractivity contribution < 1.29 is 23.8 Å². The molecule has 1 aliphatic heterocycles. The third-order valence-corrected chi connectivity index (χ3v) is 7.63. The van der Waals surface area contributed by atoms with Crippen LogP contribution in [0.5, 0.6) is 5.75 Å². The first kappa shape index (κ1) is 22.0. The van der Waals surface area contributed by atoms with Gasteiger partial charge in [-0.05, 0) is 76.1 Å². The molecular weight excluding hydrogens is 424 g/mol. The van der Waals surface area contributed by atoms with Crippen LogP contribution in [0.15, 0.2) is 87.5 Å². The van der Waals surface area contributed by atoms with Gasteiger partial charge < -0.3 is 14.2 Å². The number of esters is 2. The number of hydrogen-bond donors (Lipinski definition) is 1. The smallest absolute Gasteiger partial charge is 0.347 e. The fraction of sp³-hybridized carbons (Fsp3) is 0.231. The predicted molar refractivity (Wildman–Crippen MR) is 124 cm³/mol. The highest BCUT2D eigenvalue weighted by molar-refractivity contribution is 8.17. The van der Waals surface area contributed by atoms with E-state index in [1.807, 2.05) is 26.0 Å². The fourth-order valence-electron chi connectivity index (χ4n) is 3.79. The zero-order valence-electron chi connectivity index (χ0n) is 18.1. The average molecular weight is 451 g/mol. The van der Waals surface area contributed by atoms with E-state index in [4.69, 9.17) is 14.2 Å². The molecule has 1 atom stereocenters. The van der Waals surface area contributed by atoms with Crippen LogP contribution in [0.4, 0.5) is 0 Å². The van der Waals surface area contributed by atoms with Crippen molar-refractivity contribution in [3.8, 4) is 5.75 Å². The SMILES string of the molecule is Cc1cc([SH](c2ccccc2)c2ccccc2)cc(C)c1OCC(=O)OC1CCOC1=O. The summed E-state index contributed by atoms with van der Waals surface area (Å²) in [6, 6.07) is 25.2. The minimum absolute atomic E-state index is 0.253. The van der Waals surface area contributed by atoms with E-state index in [1.54, 1.807) is 0 Å². The number of rotatable bonds is 7. The van der Waals surface area contributed by atoms with Crippen LogP contribution in [0.3, 0.4) is 0 Å². The summed E-state index contributed by atoms with van der Waals surface area (Å²) < 4.78 is 15.8. The molecule has 1 unspecified atom stereocenters. The summed E-state index contributed by atoms with van der Waals surface area (Å²) in [5, 5.41) is 0. The predicted octanol–water partition coefficient (Wildman–Crippen LogP) is 5.02. The topological polar surface area (TPSA) is 61.8 Å². The molecule has 1 fully saturated rings. The molecule has 3 aromatic carbocycles. The summed E-state index contributed by atoms with van der Waals surface area (Å²) in [4.78, 5) is 27.4. The van der Waals surface area contributed by atoms with Gasteiger partial charge in [0, 0.05) is 6.42 Å². The van der Waals surface area contributed by atoms with Crippen molar-refractivity contribution in [2.75, 3.05) is 13.2 Å². The molecule has 0 aliphatic carbocycles. The number of thiol groups is 1. The number of carbonyl (C=O) groups excluding carboxylic acids is 2. The molecule has 4 rings (SSSR count). The number of carbonyl (C=O) groups is 2. The van der Waals surface area contributed by atoms with Crippen LogP contribution in [0.2, 0.25) is 0 Å². The lowest BCUT2D eigenvalue weighted by Gasteiger charge is -2.25. The summed E-state index contributed by atoms with van der Waals surface area (Å²) in [5.74, 6) is -0.409. The maximum atomic E-state index is 12.1. The Morgan fingerprint density at radius 1 is 0.938 bits per heavy atom. The van der Waals surface area contributed by atoms with Crippen molar-refractivity contribution in [1.82, 2.24) is 0 Å². The van der Waals surface area contributed by atoms with Crippen molar-refractivity contribution in [2.45, 2.75) is 41.1 Å². The number of benzene rings is 3. The molecule has 3 aromatic rings. The number of ether oxygens (including phenoxy) is 3. The van der Waals surface area contributed by atoms with Gasteiger partial charge >= 0.3 is 11.9 Å². The van der Waals surface area contributed by atoms with E-state index in [9.17, 15) is 9.59 Å². The second-order valence-corrected chi connectivity index (χ2v) is 9.86. The van der Waals surface area contributed by atoms with Gasteiger partial charge in [-0.2, -0.15) is 10.9 Å². The highest BCUT2D eigenvalue weighted by Gasteiger charge is 2.30. The average Bonchev–Trinajstić information content (AvgIpc) is 3.19. The molecule has 0 amide bonds. The Hall–Kier alpha value is -3.25. The van der Waals surface area contributed by atoms with E-state index >= 15 is 0 Å². The molecule has 0 N–H and O–H groups in total. The molecule has 0 radical (unpaired) electrons. The van der Waals surface area contributed by atoms with Crippen molar-refractivity contribution in [2.24, 2.45) is 0 Å². The van der Waals surface area contributed by atoms with E-state index in [0.29, 0.717) is 12.2 Å². The van der Waals surface area contributed by atoms with Crippen molar-refractivity contribution in [1.29, 1.82) is 0 Å². The molecule has 0 spiro atoms. The van der Waals surface area contributed by atoms with Crippen LogP contribution in [-0.2, 0) is 19.1 Å². The van der Waals surface area contributed by atoms with E-state index in [-0.39, 0.29) is 13.2 Å². The third-order valence-electron chi connectivity index (χ3n) is 5.23. The quantitative estimate of drug-likeness (QED) is 0.405. The molecule has 1 saturated heterocycles. The lowest BCUT2D eigenvalue weighted by Crippen LogP contribution is -2.26. The van der Waals surface area contributed by atoms with Gasteiger partial charge in [0.15, 0.2) is 6.61 Å². The Morgan fingerprint density at radius 3 is 2.00 bits per heavy atom. The Bertz CT molecular complexity index is 1040. The number of aryl methyl sites for hydroxylation is 2. The summed E-state index contributed by atoms with van der Waals surface area (Å²) in [7, 11) is -0.725. The standard InChI is InChI=1S/C26H26O5S/c1-18-15-22(32(20-9-5-3-6-10-20)21-11-7-4-8-12-21)16-19(2)25(18)30-17-24(27)31-23-13-14-29-26(23)28/h3-12,15-16,23,32H,13-14,17H2,1-2H3. The highest BCUT2D eigenvalue weighted by Crippen LogP contribution is 2.52. The van der Waals surface area contributed by atoms with E-state index in [0.717, 1.165) is 11.1 Å². The largest absolute Gasteiger partial charge is 0.481 e. The summed E-state index contributed by atoms with van der Waals surface area (Å²) in [6.07, 6.45) is -0.434. The lowest BCUT2D eigenvalue weighted by molar-refractivity contribution is -0.161. The first-order chi connectivity index (χ1) is 15.5. The maximum Gasteiger partial charge on any atom is 0.347 e. The van der Waals surface area contributed by atoms with Crippen LogP contribution in [0.1, 0.15) is 17.5 Å². The van der Waals surface area contributed by atoms with E-state index in [1.165, 1.54) is 14.7 Å². The Morgan fingerprint density at radius 2 is 1.50 bits per heavy atom. The fourth-order valence-corrected chi connectivity index (χ4v) is 6.27. The first-order valence-corrected chi connectivity index (χ1v) is 11.9. The maximum absolute atomic E-state index is 12.1. The van der Waals surface area contributed by atoms with Crippen molar-refractivity contribution in [3.63, 3.8) is 0 Å². The molecule has 166 valence electrons. The Balaban J connectivity index is 1.55. The third kappa shape index (κ3) is 4.97. The highest BCUT2D eigenvalue weighted by atomic mass is 32.2. The van der Waals surface area contributed by atoms with E-state index in [2.05, 4.69) is 60.7 Å². The van der Waals surface area contributed by atoms with Gasteiger partial charge in [-0.15, -0.1) is 0 Å². The number of cyclic esters (lactones) is 1. The lowest BCUT2D eigenvalue weighted by atomic mass is 10.1. The zero-order valence-corrected chi connectivity index (χ0v) is 19.0. The molecule has 32 heavy (non-hydrogen) atoms. The summed E-state index contributed by atoms with van der Waals surface area (Å²) >= 11 is 0. The number of hydrogen-bond acceptors (Lipinski definition) is 5. The van der Waals surface area contributed by atoms with Crippen LogP contribution >= 0.6 is 10.9 Å². The summed E-state index contributed by atoms with van der Waals surface area (Å²) in [6.45, 7) is 3.99. The minimum atomic E-state index is -0.823. The van der Waals surface area contributed by atoms with Gasteiger partial charge in [-0.1, -0.05) is 36.4 Å². The van der Waals surface area contributed by atoms with Crippen LogP contribution in [0, 0.1) is 13.8 Å². The molecule has 0 aromatic heterocycles. The monoisotopic (exact) mass is 450 g/mol. The molecule has 0 bridgehead atoms. The normalized spacial score (nSPS) is 15.8. The van der Waals surface area contributed by atoms with Gasteiger partial charge in [0.05, 0.1) is 6.61 Å². The van der Waals surface area contributed by atoms with Crippen LogP contribution in [-0.4, -0.2) is 31.3 Å². The van der Waals surface area contributed by atoms with Crippen LogP contribution < -0.4 is 4.74 Å². The second-order valence-electron chi connectivity index (χ2n) is 7.64. The van der Waals surface area contributed by atoms with Crippen LogP contribution in [0.25, 0.3) is 0 Å². The van der Waals surface area contributed by atoms with Gasteiger partial charge in [-0.3, -0.25) is 0 Å². The van der Waals surface area contributed by atoms with Gasteiger partial charge in [0.1, 0.15) is 5.75 Å². The molecule has 1 heterocycles. The Labute approximate surface area is 190 Å². The van der Waals surface area contributed by atoms with Crippen molar-refractivity contribution >= 4 is 22.8 Å². The molecular formula is C26H26O5S. The summed E-state index contributed by atoms with van der Waals surface area (Å²) in [5.41, 5.74) is 1.90. The molecule has 1 aliphatic rings. The van der Waals surface area contributed by atoms with Gasteiger partial charge in [-0.25, -0.2) is 9.59 Å². The Kier molecular flexibility index (Phi) is 6.81. The van der Waals surface area contributed by atoms with E-state index < -0.39 is 28.9 Å². The minimum Gasteiger partial charge on any atom is -0.481 e. The molecule has 0 saturated carbocycles. The van der Waals surface area contributed by atoms with Gasteiger partial charge in [0.25, 0.3) is 0 Å². The van der Waals surface area contributed by atoms with Crippen molar-refractivity contribution in [3.05, 3.63) is 83.9 Å². The zero-order chi connectivity index (χ0) is 22.5. The molecule has 5 nitrogen and oxygen atoms in total. The second kappa shape index (κ2) is 9.92. The van der Waals surface area contributed by atoms with Gasteiger partial charge in [0.2, 0.25) is 6.10 Å². The molecule has 6 heteroatoms.